The fourth-order valence-electron chi connectivity index (χ4n) is 1.66. The summed E-state index contributed by atoms with van der Waals surface area (Å²) in [7, 11) is 0. The van der Waals surface area contributed by atoms with Crippen molar-refractivity contribution in [3.63, 3.8) is 0 Å². The molecule has 4 N–H and O–H groups in total. The summed E-state index contributed by atoms with van der Waals surface area (Å²) < 4.78 is 0. The highest BCUT2D eigenvalue weighted by Gasteiger charge is 1.99. The first-order valence-corrected chi connectivity index (χ1v) is 7.69. The van der Waals surface area contributed by atoms with Crippen molar-refractivity contribution in [3.05, 3.63) is 0 Å². The molecule has 0 aliphatic carbocycles. The molecule has 0 heterocycles. The molecule has 0 radical (unpaired) electrons. The molecule has 0 unspecified atom stereocenters. The third-order valence-electron chi connectivity index (χ3n) is 2.85. The van der Waals surface area contributed by atoms with Gasteiger partial charge in [0.25, 0.3) is 0 Å². The minimum absolute atomic E-state index is 0.0628. The lowest BCUT2D eigenvalue weighted by molar-refractivity contribution is -0.139. The SMILES string of the molecule is CCCCCCCCC(O)O.O=C(O)CCCCC(=O)O. The maximum atomic E-state index is 9.90. The zero-order valence-electron chi connectivity index (χ0n) is 13.0. The Morgan fingerprint density at radius 2 is 1.19 bits per heavy atom. The summed E-state index contributed by atoms with van der Waals surface area (Å²) in [5, 5.41) is 33.3. The number of unbranched alkanes of at least 4 members (excludes halogenated alkanes) is 6. The van der Waals surface area contributed by atoms with E-state index in [1.807, 2.05) is 0 Å². The van der Waals surface area contributed by atoms with E-state index < -0.39 is 18.2 Å². The molecule has 0 fully saturated rings. The van der Waals surface area contributed by atoms with Gasteiger partial charge in [0.1, 0.15) is 0 Å². The van der Waals surface area contributed by atoms with E-state index in [0.29, 0.717) is 19.3 Å². The molecule has 0 aliphatic rings. The van der Waals surface area contributed by atoms with Crippen LogP contribution >= 0.6 is 0 Å². The quantitative estimate of drug-likeness (QED) is 0.325. The van der Waals surface area contributed by atoms with Gasteiger partial charge in [-0.2, -0.15) is 0 Å². The molecule has 0 aromatic carbocycles. The Bertz CT molecular complexity index is 237. The molecule has 0 atom stereocenters. The second-order valence-corrected chi connectivity index (χ2v) is 5.03. The molecule has 126 valence electrons. The van der Waals surface area contributed by atoms with E-state index in [9.17, 15) is 9.59 Å². The largest absolute Gasteiger partial charge is 0.481 e. The third-order valence-corrected chi connectivity index (χ3v) is 2.85. The molecule has 0 aromatic rings. The Labute approximate surface area is 126 Å². The zero-order valence-corrected chi connectivity index (χ0v) is 13.0. The third kappa shape index (κ3) is 27.9. The lowest BCUT2D eigenvalue weighted by Crippen LogP contribution is -2.02. The van der Waals surface area contributed by atoms with Crippen LogP contribution in [0, 0.1) is 0 Å². The van der Waals surface area contributed by atoms with E-state index in [4.69, 9.17) is 20.4 Å². The molecule has 0 aromatic heterocycles. The van der Waals surface area contributed by atoms with Gasteiger partial charge in [0.05, 0.1) is 0 Å². The van der Waals surface area contributed by atoms with Crippen molar-refractivity contribution in [2.24, 2.45) is 0 Å². The Morgan fingerprint density at radius 1 is 0.762 bits per heavy atom. The van der Waals surface area contributed by atoms with Crippen LogP contribution < -0.4 is 0 Å². The highest BCUT2D eigenvalue weighted by atomic mass is 16.5. The summed E-state index contributed by atoms with van der Waals surface area (Å²) in [6.07, 6.45) is 7.64. The van der Waals surface area contributed by atoms with Crippen molar-refractivity contribution in [1.29, 1.82) is 0 Å². The monoisotopic (exact) mass is 306 g/mol. The standard InChI is InChI=1S/C9H20O2.C6H10O4/c1-2-3-4-5-6-7-8-9(10)11;7-5(8)3-1-2-4-6(9)10/h9-11H,2-8H2,1H3;1-4H2,(H,7,8)(H,9,10). The molecule has 0 rings (SSSR count). The van der Waals surface area contributed by atoms with E-state index in [1.165, 1.54) is 25.7 Å². The van der Waals surface area contributed by atoms with Crippen LogP contribution in [0.1, 0.15) is 77.6 Å². The van der Waals surface area contributed by atoms with E-state index in [-0.39, 0.29) is 12.8 Å². The van der Waals surface area contributed by atoms with Gasteiger partial charge < -0.3 is 20.4 Å². The number of hydrogen-bond acceptors (Lipinski definition) is 4. The van der Waals surface area contributed by atoms with Gasteiger partial charge in [-0.05, 0) is 25.7 Å². The topological polar surface area (TPSA) is 115 Å². The molecule has 0 bridgehead atoms. The minimum atomic E-state index is -1.10. The highest BCUT2D eigenvalue weighted by molar-refractivity contribution is 5.67. The Morgan fingerprint density at radius 3 is 1.57 bits per heavy atom. The van der Waals surface area contributed by atoms with Crippen LogP contribution in [0.15, 0.2) is 0 Å². The number of aliphatic hydroxyl groups is 2. The fourth-order valence-corrected chi connectivity index (χ4v) is 1.66. The molecule has 6 heteroatoms. The second kappa shape index (κ2) is 16.9. The van der Waals surface area contributed by atoms with Crippen molar-refractivity contribution in [3.8, 4) is 0 Å². The van der Waals surface area contributed by atoms with Gasteiger partial charge in [0.15, 0.2) is 6.29 Å². The Hall–Kier alpha value is -1.14. The summed E-state index contributed by atoms with van der Waals surface area (Å²) in [4.78, 5) is 19.8. The predicted molar refractivity (Wildman–Crippen MR) is 80.0 cm³/mol. The van der Waals surface area contributed by atoms with Gasteiger partial charge in [0.2, 0.25) is 0 Å². The molecule has 0 spiro atoms. The molecule has 6 nitrogen and oxygen atoms in total. The lowest BCUT2D eigenvalue weighted by Gasteiger charge is -2.02. The fraction of sp³-hybridized carbons (Fsp3) is 0.867. The second-order valence-electron chi connectivity index (χ2n) is 5.03. The summed E-state index contributed by atoms with van der Waals surface area (Å²) in [5.41, 5.74) is 0. The van der Waals surface area contributed by atoms with Crippen molar-refractivity contribution >= 4 is 11.9 Å². The first-order valence-electron chi connectivity index (χ1n) is 7.69. The van der Waals surface area contributed by atoms with E-state index in [2.05, 4.69) is 6.92 Å². The summed E-state index contributed by atoms with van der Waals surface area (Å²) in [5.74, 6) is -1.74. The smallest absolute Gasteiger partial charge is 0.303 e. The number of aliphatic hydroxyl groups excluding tert-OH is 1. The Balaban J connectivity index is 0. The molecule has 0 aliphatic heterocycles. The van der Waals surface area contributed by atoms with Crippen LogP contribution in [-0.2, 0) is 9.59 Å². The molecular formula is C15H30O6. The van der Waals surface area contributed by atoms with Crippen LogP contribution in [0.4, 0.5) is 0 Å². The van der Waals surface area contributed by atoms with Crippen LogP contribution in [0.25, 0.3) is 0 Å². The minimum Gasteiger partial charge on any atom is -0.481 e. The molecule has 0 amide bonds. The number of hydrogen-bond donors (Lipinski definition) is 4. The van der Waals surface area contributed by atoms with E-state index >= 15 is 0 Å². The maximum Gasteiger partial charge on any atom is 0.303 e. The van der Waals surface area contributed by atoms with Crippen LogP contribution in [0.3, 0.4) is 0 Å². The van der Waals surface area contributed by atoms with Gasteiger partial charge in [-0.15, -0.1) is 0 Å². The van der Waals surface area contributed by atoms with Gasteiger partial charge in [-0.1, -0.05) is 39.0 Å². The Kier molecular flexibility index (Phi) is 17.8. The summed E-state index contributed by atoms with van der Waals surface area (Å²) in [6, 6.07) is 0. The van der Waals surface area contributed by atoms with Crippen molar-refractivity contribution in [2.75, 3.05) is 0 Å². The number of carbonyl (C=O) groups is 2. The van der Waals surface area contributed by atoms with Gasteiger partial charge in [-0.3, -0.25) is 9.59 Å². The molecular weight excluding hydrogens is 276 g/mol. The number of rotatable bonds is 12. The predicted octanol–water partition coefficient (Wildman–Crippen LogP) is 2.76. The van der Waals surface area contributed by atoms with Crippen LogP contribution in [0.5, 0.6) is 0 Å². The van der Waals surface area contributed by atoms with Crippen LogP contribution in [-0.4, -0.2) is 38.7 Å². The first kappa shape index (κ1) is 22.1. The average Bonchev–Trinajstić information content (AvgIpc) is 2.39. The molecule has 0 saturated carbocycles. The van der Waals surface area contributed by atoms with Crippen molar-refractivity contribution in [2.45, 2.75) is 83.8 Å². The van der Waals surface area contributed by atoms with Gasteiger partial charge >= 0.3 is 11.9 Å². The molecule has 0 saturated heterocycles. The maximum absolute atomic E-state index is 9.90. The summed E-state index contributed by atoms with van der Waals surface area (Å²) >= 11 is 0. The average molecular weight is 306 g/mol. The van der Waals surface area contributed by atoms with E-state index in [1.54, 1.807) is 0 Å². The van der Waals surface area contributed by atoms with Gasteiger partial charge in [0, 0.05) is 12.8 Å². The highest BCUT2D eigenvalue weighted by Crippen LogP contribution is 2.07. The lowest BCUT2D eigenvalue weighted by atomic mass is 10.1. The summed E-state index contributed by atoms with van der Waals surface area (Å²) in [6.45, 7) is 2.19. The number of aliphatic carboxylic acids is 2. The van der Waals surface area contributed by atoms with E-state index in [0.717, 1.165) is 12.8 Å². The van der Waals surface area contributed by atoms with Gasteiger partial charge in [-0.25, -0.2) is 0 Å². The van der Waals surface area contributed by atoms with Crippen molar-refractivity contribution in [1.82, 2.24) is 0 Å². The normalized spacial score (nSPS) is 10.1. The number of carboxylic acid groups (broad SMARTS) is 2. The first-order chi connectivity index (χ1) is 9.90. The van der Waals surface area contributed by atoms with Crippen LogP contribution in [0.2, 0.25) is 0 Å². The number of carboxylic acids is 2. The molecule has 21 heavy (non-hydrogen) atoms. The zero-order chi connectivity index (χ0) is 16.5. The van der Waals surface area contributed by atoms with Crippen molar-refractivity contribution < 1.29 is 30.0 Å².